The van der Waals surface area contributed by atoms with Crippen molar-refractivity contribution in [1.82, 2.24) is 10.3 Å². The first-order valence-corrected chi connectivity index (χ1v) is 7.35. The zero-order valence-corrected chi connectivity index (χ0v) is 11.6. The van der Waals surface area contributed by atoms with Gasteiger partial charge in [0.1, 0.15) is 0 Å². The van der Waals surface area contributed by atoms with Crippen LogP contribution >= 0.6 is 11.3 Å². The fraction of sp³-hybridized carbons (Fsp3) is 0.769. The third-order valence-corrected chi connectivity index (χ3v) is 4.60. The van der Waals surface area contributed by atoms with Gasteiger partial charge in [0.25, 0.3) is 0 Å². The van der Waals surface area contributed by atoms with Crippen LogP contribution in [0.1, 0.15) is 36.3 Å². The molecule has 0 amide bonds. The molecule has 0 bridgehead atoms. The Morgan fingerprint density at radius 2 is 2.18 bits per heavy atom. The molecule has 0 unspecified atom stereocenters. The predicted molar refractivity (Wildman–Crippen MR) is 71.6 cm³/mol. The Hall–Kier alpha value is -0.450. The molecular formula is C13H22N2OS. The fourth-order valence-corrected chi connectivity index (χ4v) is 3.17. The minimum absolute atomic E-state index is 0.479. The van der Waals surface area contributed by atoms with Crippen molar-refractivity contribution in [3.8, 4) is 0 Å². The summed E-state index contributed by atoms with van der Waals surface area (Å²) >= 11 is 1.74. The number of hydrogen-bond acceptors (Lipinski definition) is 4. The second-order valence-corrected chi connectivity index (χ2v) is 5.68. The predicted octanol–water partition coefficient (Wildman–Crippen LogP) is 2.54. The topological polar surface area (TPSA) is 34.1 Å². The van der Waals surface area contributed by atoms with Gasteiger partial charge in [0, 0.05) is 17.3 Å². The van der Waals surface area contributed by atoms with E-state index in [4.69, 9.17) is 4.74 Å². The highest BCUT2D eigenvalue weighted by Gasteiger charge is 2.20. The lowest BCUT2D eigenvalue weighted by Crippen LogP contribution is -2.33. The van der Waals surface area contributed by atoms with E-state index in [-0.39, 0.29) is 0 Å². The Labute approximate surface area is 108 Å². The van der Waals surface area contributed by atoms with Crippen LogP contribution in [0.4, 0.5) is 0 Å². The molecule has 2 rings (SSSR count). The molecule has 1 aromatic heterocycles. The maximum Gasteiger partial charge on any atom is 0.0797 e. The van der Waals surface area contributed by atoms with Crippen molar-refractivity contribution in [3.63, 3.8) is 0 Å². The van der Waals surface area contributed by atoms with Crippen LogP contribution in [0.25, 0.3) is 0 Å². The number of aromatic nitrogens is 1. The number of nitrogens with one attached hydrogen (secondary N) is 1. The molecule has 0 atom stereocenters. The van der Waals surface area contributed by atoms with Crippen molar-refractivity contribution in [2.24, 2.45) is 0 Å². The summed E-state index contributed by atoms with van der Waals surface area (Å²) in [5.41, 5.74) is 3.08. The van der Waals surface area contributed by atoms with Gasteiger partial charge in [-0.1, -0.05) is 0 Å². The van der Waals surface area contributed by atoms with E-state index < -0.39 is 0 Å². The van der Waals surface area contributed by atoms with E-state index in [0.717, 1.165) is 18.7 Å². The maximum atomic E-state index is 5.96. The molecule has 3 nitrogen and oxygen atoms in total. The second kappa shape index (κ2) is 6.47. The molecule has 0 saturated heterocycles. The summed E-state index contributed by atoms with van der Waals surface area (Å²) in [6.07, 6.45) is 6.40. The van der Waals surface area contributed by atoms with Gasteiger partial charge in [0.2, 0.25) is 0 Å². The van der Waals surface area contributed by atoms with Crippen molar-refractivity contribution in [1.29, 1.82) is 0 Å². The maximum absolute atomic E-state index is 5.96. The average molecular weight is 254 g/mol. The van der Waals surface area contributed by atoms with Gasteiger partial charge >= 0.3 is 0 Å². The largest absolute Gasteiger partial charge is 0.378 e. The highest BCUT2D eigenvalue weighted by Crippen LogP contribution is 2.21. The Morgan fingerprint density at radius 3 is 2.76 bits per heavy atom. The summed E-state index contributed by atoms with van der Waals surface area (Å²) in [6.45, 7) is 2.92. The smallest absolute Gasteiger partial charge is 0.0797 e. The third-order valence-electron chi connectivity index (χ3n) is 3.61. The first-order valence-electron chi connectivity index (χ1n) is 6.47. The molecule has 1 fully saturated rings. The summed E-state index contributed by atoms with van der Waals surface area (Å²) in [6, 6.07) is 0.707. The van der Waals surface area contributed by atoms with Crippen LogP contribution in [-0.2, 0) is 11.2 Å². The molecule has 17 heavy (non-hydrogen) atoms. The molecule has 0 aromatic carbocycles. The van der Waals surface area contributed by atoms with Crippen LogP contribution in [0.3, 0.4) is 0 Å². The van der Waals surface area contributed by atoms with Crippen LogP contribution in [0.2, 0.25) is 0 Å². The van der Waals surface area contributed by atoms with Gasteiger partial charge in [-0.15, -0.1) is 11.3 Å². The quantitative estimate of drug-likeness (QED) is 0.877. The summed E-state index contributed by atoms with van der Waals surface area (Å²) in [5.74, 6) is 0. The molecule has 0 spiro atoms. The van der Waals surface area contributed by atoms with Crippen molar-refractivity contribution in [3.05, 3.63) is 16.1 Å². The van der Waals surface area contributed by atoms with Gasteiger partial charge in [-0.05, 0) is 39.7 Å². The van der Waals surface area contributed by atoms with Gasteiger partial charge < -0.3 is 10.1 Å². The van der Waals surface area contributed by atoms with Crippen molar-refractivity contribution >= 4 is 11.3 Å². The van der Waals surface area contributed by atoms with Crippen molar-refractivity contribution in [2.45, 2.75) is 51.2 Å². The standard InChI is InChI=1S/C13H22N2OS/c1-10-13(17-9-15-10)7-8-16-12-5-3-11(14-2)4-6-12/h9,11-12,14H,3-8H2,1-2H3. The number of ether oxygens (including phenoxy) is 1. The molecular weight excluding hydrogens is 232 g/mol. The minimum atomic E-state index is 0.479. The summed E-state index contributed by atoms with van der Waals surface area (Å²) in [5, 5.41) is 3.35. The van der Waals surface area contributed by atoms with Crippen LogP contribution in [0, 0.1) is 6.92 Å². The average Bonchev–Trinajstić information content (AvgIpc) is 2.76. The van der Waals surface area contributed by atoms with Crippen LogP contribution in [-0.4, -0.2) is 30.8 Å². The van der Waals surface area contributed by atoms with E-state index in [1.807, 2.05) is 5.51 Å². The molecule has 1 aliphatic rings. The van der Waals surface area contributed by atoms with Crippen molar-refractivity contribution in [2.75, 3.05) is 13.7 Å². The van der Waals surface area contributed by atoms with Crippen LogP contribution < -0.4 is 5.32 Å². The van der Waals surface area contributed by atoms with Gasteiger partial charge in [0.15, 0.2) is 0 Å². The number of rotatable bonds is 5. The molecule has 0 radical (unpaired) electrons. The fourth-order valence-electron chi connectivity index (χ4n) is 2.40. The molecule has 1 N–H and O–H groups in total. The summed E-state index contributed by atoms with van der Waals surface area (Å²) in [4.78, 5) is 5.63. The Bertz CT molecular complexity index is 332. The van der Waals surface area contributed by atoms with Gasteiger partial charge in [-0.2, -0.15) is 0 Å². The van der Waals surface area contributed by atoms with E-state index in [2.05, 4.69) is 24.3 Å². The Morgan fingerprint density at radius 1 is 1.41 bits per heavy atom. The second-order valence-electron chi connectivity index (χ2n) is 4.74. The van der Waals surface area contributed by atoms with Gasteiger partial charge in [-0.3, -0.25) is 0 Å². The van der Waals surface area contributed by atoms with E-state index in [1.165, 1.54) is 30.6 Å². The number of nitrogens with zero attached hydrogens (tertiary/aromatic N) is 1. The SMILES string of the molecule is CNC1CCC(OCCc2scnc2C)CC1. The lowest BCUT2D eigenvalue weighted by Gasteiger charge is -2.28. The van der Waals surface area contributed by atoms with Gasteiger partial charge in [-0.25, -0.2) is 4.98 Å². The zero-order valence-electron chi connectivity index (χ0n) is 10.7. The van der Waals surface area contributed by atoms with Crippen LogP contribution in [0.15, 0.2) is 5.51 Å². The lowest BCUT2D eigenvalue weighted by atomic mass is 9.93. The highest BCUT2D eigenvalue weighted by atomic mass is 32.1. The zero-order chi connectivity index (χ0) is 12.1. The number of hydrogen-bond donors (Lipinski definition) is 1. The molecule has 96 valence electrons. The van der Waals surface area contributed by atoms with Gasteiger partial charge in [0.05, 0.1) is 23.9 Å². The van der Waals surface area contributed by atoms with E-state index >= 15 is 0 Å². The molecule has 1 saturated carbocycles. The van der Waals surface area contributed by atoms with E-state index in [1.54, 1.807) is 11.3 Å². The first kappa shape index (κ1) is 13.0. The van der Waals surface area contributed by atoms with Crippen LogP contribution in [0.5, 0.6) is 0 Å². The monoisotopic (exact) mass is 254 g/mol. The number of aryl methyl sites for hydroxylation is 1. The third kappa shape index (κ3) is 3.76. The Kier molecular flexibility index (Phi) is 4.95. The minimum Gasteiger partial charge on any atom is -0.378 e. The molecule has 1 aliphatic carbocycles. The Balaban J connectivity index is 1.65. The van der Waals surface area contributed by atoms with Crippen molar-refractivity contribution < 1.29 is 4.74 Å². The lowest BCUT2D eigenvalue weighted by molar-refractivity contribution is 0.0250. The normalized spacial score (nSPS) is 25.1. The first-order chi connectivity index (χ1) is 8.29. The summed E-state index contributed by atoms with van der Waals surface area (Å²) in [7, 11) is 2.05. The summed E-state index contributed by atoms with van der Waals surface area (Å²) < 4.78 is 5.96. The van der Waals surface area contributed by atoms with E-state index in [0.29, 0.717) is 12.1 Å². The molecule has 1 heterocycles. The molecule has 1 aromatic rings. The van der Waals surface area contributed by atoms with E-state index in [9.17, 15) is 0 Å². The number of thiazole rings is 1. The molecule has 4 heteroatoms. The molecule has 0 aliphatic heterocycles. The highest BCUT2D eigenvalue weighted by molar-refractivity contribution is 7.09.